The Morgan fingerprint density at radius 3 is 2.94 bits per heavy atom. The number of amides is 1. The maximum absolute atomic E-state index is 12.2. The summed E-state index contributed by atoms with van der Waals surface area (Å²) >= 11 is 1.64. The largest absolute Gasteiger partial charge is 0.333 e. The van der Waals surface area contributed by atoms with E-state index in [-0.39, 0.29) is 5.91 Å². The third-order valence-corrected chi connectivity index (χ3v) is 3.85. The second kappa shape index (κ2) is 4.30. The first-order valence-corrected chi connectivity index (χ1v) is 6.48. The van der Waals surface area contributed by atoms with Gasteiger partial charge >= 0.3 is 0 Å². The number of rotatable bonds is 1. The van der Waals surface area contributed by atoms with Crippen molar-refractivity contribution >= 4 is 17.2 Å². The molecular formula is C13H12N2OS. The fourth-order valence-corrected chi connectivity index (χ4v) is 2.88. The van der Waals surface area contributed by atoms with E-state index in [1.165, 1.54) is 4.88 Å². The summed E-state index contributed by atoms with van der Waals surface area (Å²) in [5, 5.41) is 0. The Labute approximate surface area is 104 Å². The monoisotopic (exact) mass is 244 g/mol. The number of thiazole rings is 1. The third-order valence-electron chi connectivity index (χ3n) is 2.99. The fraction of sp³-hybridized carbons (Fsp3) is 0.231. The van der Waals surface area contributed by atoms with E-state index in [2.05, 4.69) is 4.98 Å². The molecule has 0 atom stereocenters. The van der Waals surface area contributed by atoms with Crippen LogP contribution in [0, 0.1) is 0 Å². The quantitative estimate of drug-likeness (QED) is 0.771. The van der Waals surface area contributed by atoms with E-state index in [0.717, 1.165) is 24.2 Å². The number of benzene rings is 1. The smallest absolute Gasteiger partial charge is 0.254 e. The molecule has 0 radical (unpaired) electrons. The van der Waals surface area contributed by atoms with Crippen molar-refractivity contribution in [2.45, 2.75) is 13.0 Å². The Morgan fingerprint density at radius 2 is 2.12 bits per heavy atom. The molecule has 0 spiro atoms. The zero-order valence-electron chi connectivity index (χ0n) is 9.30. The summed E-state index contributed by atoms with van der Waals surface area (Å²) in [5.41, 5.74) is 3.79. The highest BCUT2D eigenvalue weighted by Crippen LogP contribution is 2.22. The number of aromatic nitrogens is 1. The predicted octanol–water partition coefficient (Wildman–Crippen LogP) is 2.34. The minimum atomic E-state index is 0.115. The van der Waals surface area contributed by atoms with Gasteiger partial charge in [-0.25, -0.2) is 4.98 Å². The summed E-state index contributed by atoms with van der Waals surface area (Å²) in [5.74, 6) is 0.115. The van der Waals surface area contributed by atoms with Crippen molar-refractivity contribution in [1.29, 1.82) is 0 Å². The van der Waals surface area contributed by atoms with Crippen LogP contribution in [0.4, 0.5) is 0 Å². The zero-order chi connectivity index (χ0) is 11.7. The van der Waals surface area contributed by atoms with Crippen LogP contribution in [0.1, 0.15) is 20.9 Å². The average molecular weight is 244 g/mol. The van der Waals surface area contributed by atoms with Gasteiger partial charge in [-0.1, -0.05) is 18.2 Å². The highest BCUT2D eigenvalue weighted by molar-refractivity contribution is 7.09. The van der Waals surface area contributed by atoms with Gasteiger partial charge in [-0.15, -0.1) is 11.3 Å². The molecule has 1 aromatic carbocycles. The van der Waals surface area contributed by atoms with E-state index in [9.17, 15) is 4.79 Å². The SMILES string of the molecule is O=C(c1ccccc1)N1CCc2ncsc2C1. The average Bonchev–Trinajstić information content (AvgIpc) is 2.86. The molecule has 3 nitrogen and oxygen atoms in total. The molecule has 3 rings (SSSR count). The first kappa shape index (κ1) is 10.5. The first-order chi connectivity index (χ1) is 8.34. The number of fused-ring (bicyclic) bond motifs is 1. The van der Waals surface area contributed by atoms with Gasteiger partial charge in [-0.3, -0.25) is 4.79 Å². The number of hydrogen-bond acceptors (Lipinski definition) is 3. The normalized spacial score (nSPS) is 14.5. The van der Waals surface area contributed by atoms with Gasteiger partial charge in [-0.05, 0) is 12.1 Å². The Morgan fingerprint density at radius 1 is 1.29 bits per heavy atom. The molecule has 4 heteroatoms. The van der Waals surface area contributed by atoms with Crippen LogP contribution in [0.2, 0.25) is 0 Å². The maximum atomic E-state index is 12.2. The Hall–Kier alpha value is -1.68. The van der Waals surface area contributed by atoms with E-state index in [1.54, 1.807) is 11.3 Å². The molecule has 2 heterocycles. The minimum Gasteiger partial charge on any atom is -0.333 e. The third kappa shape index (κ3) is 1.96. The van der Waals surface area contributed by atoms with Gasteiger partial charge in [0.1, 0.15) is 0 Å². The summed E-state index contributed by atoms with van der Waals surface area (Å²) in [6, 6.07) is 9.45. The lowest BCUT2D eigenvalue weighted by atomic mass is 10.1. The van der Waals surface area contributed by atoms with E-state index in [1.807, 2.05) is 40.7 Å². The summed E-state index contributed by atoms with van der Waals surface area (Å²) in [7, 11) is 0. The number of carbonyl (C=O) groups is 1. The van der Waals surface area contributed by atoms with Crippen LogP contribution in [0.3, 0.4) is 0 Å². The molecule has 1 amide bonds. The van der Waals surface area contributed by atoms with Crippen molar-refractivity contribution in [2.24, 2.45) is 0 Å². The first-order valence-electron chi connectivity index (χ1n) is 5.60. The molecule has 0 bridgehead atoms. The molecule has 2 aromatic rings. The van der Waals surface area contributed by atoms with Crippen LogP contribution in [0.5, 0.6) is 0 Å². The molecule has 0 saturated carbocycles. The lowest BCUT2D eigenvalue weighted by molar-refractivity contribution is 0.0736. The van der Waals surface area contributed by atoms with Crippen LogP contribution in [-0.4, -0.2) is 22.3 Å². The molecule has 86 valence electrons. The van der Waals surface area contributed by atoms with E-state index in [4.69, 9.17) is 0 Å². The number of hydrogen-bond donors (Lipinski definition) is 0. The van der Waals surface area contributed by atoms with Crippen LogP contribution >= 0.6 is 11.3 Å². The van der Waals surface area contributed by atoms with E-state index < -0.39 is 0 Å². The molecule has 0 saturated heterocycles. The summed E-state index contributed by atoms with van der Waals surface area (Å²) in [6.45, 7) is 1.47. The molecule has 1 aromatic heterocycles. The van der Waals surface area contributed by atoms with Crippen LogP contribution in [0.15, 0.2) is 35.8 Å². The minimum absolute atomic E-state index is 0.115. The van der Waals surface area contributed by atoms with Crippen molar-refractivity contribution in [3.63, 3.8) is 0 Å². The number of nitrogens with zero attached hydrogens (tertiary/aromatic N) is 2. The molecule has 0 unspecified atom stereocenters. The van der Waals surface area contributed by atoms with Gasteiger partial charge in [-0.2, -0.15) is 0 Å². The summed E-state index contributed by atoms with van der Waals surface area (Å²) in [4.78, 5) is 19.7. The molecule has 0 aliphatic carbocycles. The second-order valence-electron chi connectivity index (χ2n) is 4.06. The molecule has 0 fully saturated rings. The van der Waals surface area contributed by atoms with E-state index >= 15 is 0 Å². The highest BCUT2D eigenvalue weighted by atomic mass is 32.1. The second-order valence-corrected chi connectivity index (χ2v) is 5.00. The van der Waals surface area contributed by atoms with Gasteiger partial charge in [0.2, 0.25) is 0 Å². The molecule has 1 aliphatic heterocycles. The predicted molar refractivity (Wildman–Crippen MR) is 67.0 cm³/mol. The van der Waals surface area contributed by atoms with Gasteiger partial charge in [0.15, 0.2) is 0 Å². The summed E-state index contributed by atoms with van der Waals surface area (Å²) < 4.78 is 0. The van der Waals surface area contributed by atoms with Crippen LogP contribution in [0.25, 0.3) is 0 Å². The van der Waals surface area contributed by atoms with Crippen molar-refractivity contribution in [2.75, 3.05) is 6.54 Å². The van der Waals surface area contributed by atoms with Gasteiger partial charge < -0.3 is 4.90 Å². The molecule has 1 aliphatic rings. The Bertz CT molecular complexity index is 535. The van der Waals surface area contributed by atoms with Crippen molar-refractivity contribution in [1.82, 2.24) is 9.88 Å². The van der Waals surface area contributed by atoms with Crippen molar-refractivity contribution in [3.8, 4) is 0 Å². The van der Waals surface area contributed by atoms with Crippen molar-refractivity contribution < 1.29 is 4.79 Å². The fourth-order valence-electron chi connectivity index (χ4n) is 2.06. The zero-order valence-corrected chi connectivity index (χ0v) is 10.1. The molecular weight excluding hydrogens is 232 g/mol. The maximum Gasteiger partial charge on any atom is 0.254 e. The lowest BCUT2D eigenvalue weighted by Crippen LogP contribution is -2.35. The topological polar surface area (TPSA) is 33.2 Å². The van der Waals surface area contributed by atoms with Crippen molar-refractivity contribution in [3.05, 3.63) is 52.0 Å². The van der Waals surface area contributed by atoms with Gasteiger partial charge in [0.05, 0.1) is 17.7 Å². The Kier molecular flexibility index (Phi) is 2.65. The number of carbonyl (C=O) groups excluding carboxylic acids is 1. The van der Waals surface area contributed by atoms with Gasteiger partial charge in [0.25, 0.3) is 5.91 Å². The molecule has 0 N–H and O–H groups in total. The highest BCUT2D eigenvalue weighted by Gasteiger charge is 2.22. The van der Waals surface area contributed by atoms with Gasteiger partial charge in [0, 0.05) is 23.4 Å². The van der Waals surface area contributed by atoms with Crippen LogP contribution < -0.4 is 0 Å². The molecule has 17 heavy (non-hydrogen) atoms. The van der Waals surface area contributed by atoms with Crippen LogP contribution in [-0.2, 0) is 13.0 Å². The Balaban J connectivity index is 1.81. The lowest BCUT2D eigenvalue weighted by Gasteiger charge is -2.26. The standard InChI is InChI=1S/C13H12N2OS/c16-13(10-4-2-1-3-5-10)15-7-6-11-12(8-15)17-9-14-11/h1-5,9H,6-8H2. The summed E-state index contributed by atoms with van der Waals surface area (Å²) in [6.07, 6.45) is 0.872. The van der Waals surface area contributed by atoms with E-state index in [0.29, 0.717) is 6.54 Å².